The Balaban J connectivity index is 1.89. The molecule has 0 radical (unpaired) electrons. The minimum atomic E-state index is 0.489. The molecule has 3 rings (SSSR count). The highest BCUT2D eigenvalue weighted by Crippen LogP contribution is 2.49. The van der Waals surface area contributed by atoms with Crippen LogP contribution < -0.4 is 10.1 Å². The van der Waals surface area contributed by atoms with E-state index in [2.05, 4.69) is 37.4 Å². The lowest BCUT2D eigenvalue weighted by Gasteiger charge is -2.26. The van der Waals surface area contributed by atoms with Crippen molar-refractivity contribution in [2.75, 3.05) is 13.2 Å². The molecule has 3 unspecified atom stereocenters. The van der Waals surface area contributed by atoms with Crippen molar-refractivity contribution in [2.45, 2.75) is 45.6 Å². The number of para-hydroxylation sites is 1. The summed E-state index contributed by atoms with van der Waals surface area (Å²) in [6, 6.07) is 7.19. The first kappa shape index (κ1) is 13.0. The van der Waals surface area contributed by atoms with Crippen molar-refractivity contribution in [3.8, 4) is 5.75 Å². The highest BCUT2D eigenvalue weighted by atomic mass is 16.5. The van der Waals surface area contributed by atoms with Crippen LogP contribution in [0.4, 0.5) is 0 Å². The van der Waals surface area contributed by atoms with Gasteiger partial charge < -0.3 is 10.1 Å². The van der Waals surface area contributed by atoms with Crippen LogP contribution in [0.15, 0.2) is 18.2 Å². The van der Waals surface area contributed by atoms with Gasteiger partial charge in [0.05, 0.1) is 6.61 Å². The van der Waals surface area contributed by atoms with Crippen LogP contribution in [-0.4, -0.2) is 13.2 Å². The van der Waals surface area contributed by atoms with Crippen LogP contribution >= 0.6 is 0 Å². The number of fused-ring (bicyclic) bond motifs is 1. The van der Waals surface area contributed by atoms with Gasteiger partial charge in [-0.2, -0.15) is 0 Å². The zero-order valence-electron chi connectivity index (χ0n) is 12.1. The number of hydrogen-bond acceptors (Lipinski definition) is 2. The lowest BCUT2D eigenvalue weighted by Crippen LogP contribution is -2.26. The smallest absolute Gasteiger partial charge is 0.127 e. The highest BCUT2D eigenvalue weighted by Gasteiger charge is 2.41. The maximum atomic E-state index is 5.99. The first-order valence-electron chi connectivity index (χ1n) is 7.79. The molecule has 1 aromatic rings. The predicted molar refractivity (Wildman–Crippen MR) is 78.6 cm³/mol. The van der Waals surface area contributed by atoms with Gasteiger partial charge in [-0.1, -0.05) is 32.0 Å². The van der Waals surface area contributed by atoms with Crippen LogP contribution in [0, 0.1) is 11.8 Å². The summed E-state index contributed by atoms with van der Waals surface area (Å²) in [6.07, 6.45) is 4.87. The van der Waals surface area contributed by atoms with Crippen molar-refractivity contribution in [1.82, 2.24) is 5.32 Å². The molecule has 1 fully saturated rings. The monoisotopic (exact) mass is 259 g/mol. The fourth-order valence-electron chi connectivity index (χ4n) is 3.27. The fourth-order valence-corrected chi connectivity index (χ4v) is 3.27. The molecular weight excluding hydrogens is 234 g/mol. The lowest BCUT2D eigenvalue weighted by atomic mass is 9.94. The number of aryl methyl sites for hydroxylation is 1. The molecule has 1 aromatic carbocycles. The van der Waals surface area contributed by atoms with Gasteiger partial charge in [0.2, 0.25) is 0 Å². The Morgan fingerprint density at radius 2 is 2.26 bits per heavy atom. The van der Waals surface area contributed by atoms with Gasteiger partial charge in [-0.15, -0.1) is 0 Å². The topological polar surface area (TPSA) is 21.3 Å². The Labute approximate surface area is 116 Å². The van der Waals surface area contributed by atoms with Gasteiger partial charge in [-0.25, -0.2) is 0 Å². The predicted octanol–water partition coefficient (Wildman–Crippen LogP) is 3.71. The average Bonchev–Trinajstić information content (AvgIpc) is 3.16. The van der Waals surface area contributed by atoms with Crippen molar-refractivity contribution in [3.63, 3.8) is 0 Å². The molecule has 1 heterocycles. The van der Waals surface area contributed by atoms with E-state index in [9.17, 15) is 0 Å². The Kier molecular flexibility index (Phi) is 3.79. The summed E-state index contributed by atoms with van der Waals surface area (Å²) in [5.74, 6) is 2.83. The van der Waals surface area contributed by atoms with Gasteiger partial charge in [-0.05, 0) is 49.6 Å². The summed E-state index contributed by atoms with van der Waals surface area (Å²) in [5, 5.41) is 3.75. The summed E-state index contributed by atoms with van der Waals surface area (Å²) >= 11 is 0. The normalized spacial score (nSPS) is 26.4. The van der Waals surface area contributed by atoms with E-state index in [0.29, 0.717) is 6.04 Å². The average molecular weight is 259 g/mol. The SMILES string of the molecule is CCCNC(c1cccc2c1OCCC2)C1CC1C. The molecule has 3 atom stereocenters. The van der Waals surface area contributed by atoms with Gasteiger partial charge in [0, 0.05) is 11.6 Å². The molecule has 104 valence electrons. The first-order chi connectivity index (χ1) is 9.31. The molecular formula is C17H25NO. The Bertz CT molecular complexity index is 443. The standard InChI is InChI=1S/C17H25NO/c1-3-9-18-16(15-11-12(15)2)14-8-4-6-13-7-5-10-19-17(13)14/h4,6,8,12,15-16,18H,3,5,7,9-11H2,1-2H3. The van der Waals surface area contributed by atoms with Crippen LogP contribution in [0.3, 0.4) is 0 Å². The zero-order valence-corrected chi connectivity index (χ0v) is 12.1. The van der Waals surface area contributed by atoms with Crippen molar-refractivity contribution in [2.24, 2.45) is 11.8 Å². The Morgan fingerprint density at radius 1 is 1.42 bits per heavy atom. The molecule has 0 spiro atoms. The van der Waals surface area contributed by atoms with Crippen LogP contribution in [0.5, 0.6) is 5.75 Å². The summed E-state index contributed by atoms with van der Waals surface area (Å²) in [4.78, 5) is 0. The van der Waals surface area contributed by atoms with Gasteiger partial charge in [0.1, 0.15) is 5.75 Å². The molecule has 2 aliphatic rings. The Morgan fingerprint density at radius 3 is 3.00 bits per heavy atom. The Hall–Kier alpha value is -1.02. The molecule has 2 heteroatoms. The summed E-state index contributed by atoms with van der Waals surface area (Å²) in [7, 11) is 0. The van der Waals surface area contributed by atoms with Crippen LogP contribution in [-0.2, 0) is 6.42 Å². The second kappa shape index (κ2) is 5.54. The molecule has 0 bridgehead atoms. The number of nitrogens with one attached hydrogen (secondary N) is 1. The van der Waals surface area contributed by atoms with E-state index in [0.717, 1.165) is 31.4 Å². The van der Waals surface area contributed by atoms with Crippen molar-refractivity contribution in [1.29, 1.82) is 0 Å². The number of ether oxygens (including phenoxy) is 1. The van der Waals surface area contributed by atoms with E-state index in [4.69, 9.17) is 4.74 Å². The van der Waals surface area contributed by atoms with Crippen LogP contribution in [0.2, 0.25) is 0 Å². The number of benzene rings is 1. The third-order valence-electron chi connectivity index (χ3n) is 4.51. The molecule has 1 N–H and O–H groups in total. The number of rotatable bonds is 5. The molecule has 19 heavy (non-hydrogen) atoms. The minimum absolute atomic E-state index is 0.489. The molecule has 1 aliphatic heterocycles. The van der Waals surface area contributed by atoms with Crippen molar-refractivity contribution < 1.29 is 4.74 Å². The van der Waals surface area contributed by atoms with E-state index in [1.807, 2.05) is 0 Å². The third kappa shape index (κ3) is 2.64. The van der Waals surface area contributed by atoms with Gasteiger partial charge in [-0.3, -0.25) is 0 Å². The maximum Gasteiger partial charge on any atom is 0.127 e. The third-order valence-corrected chi connectivity index (χ3v) is 4.51. The zero-order chi connectivity index (χ0) is 13.2. The van der Waals surface area contributed by atoms with Gasteiger partial charge in [0.15, 0.2) is 0 Å². The molecule has 1 saturated carbocycles. The quantitative estimate of drug-likeness (QED) is 0.870. The maximum absolute atomic E-state index is 5.99. The number of hydrogen-bond donors (Lipinski definition) is 1. The molecule has 2 nitrogen and oxygen atoms in total. The first-order valence-corrected chi connectivity index (χ1v) is 7.79. The van der Waals surface area contributed by atoms with Gasteiger partial charge >= 0.3 is 0 Å². The second-order valence-electron chi connectivity index (χ2n) is 6.10. The van der Waals surface area contributed by atoms with E-state index >= 15 is 0 Å². The van der Waals surface area contributed by atoms with E-state index in [-0.39, 0.29) is 0 Å². The second-order valence-corrected chi connectivity index (χ2v) is 6.10. The van der Waals surface area contributed by atoms with E-state index in [1.165, 1.54) is 36.1 Å². The van der Waals surface area contributed by atoms with E-state index in [1.54, 1.807) is 0 Å². The summed E-state index contributed by atoms with van der Waals surface area (Å²) in [6.45, 7) is 6.57. The highest BCUT2D eigenvalue weighted by molar-refractivity contribution is 5.45. The summed E-state index contributed by atoms with van der Waals surface area (Å²) in [5.41, 5.74) is 2.81. The molecule has 1 aliphatic carbocycles. The molecule has 0 saturated heterocycles. The lowest BCUT2D eigenvalue weighted by molar-refractivity contribution is 0.279. The summed E-state index contributed by atoms with van der Waals surface area (Å²) < 4.78 is 5.99. The van der Waals surface area contributed by atoms with Crippen molar-refractivity contribution >= 4 is 0 Å². The molecule has 0 aromatic heterocycles. The van der Waals surface area contributed by atoms with Crippen LogP contribution in [0.25, 0.3) is 0 Å². The largest absolute Gasteiger partial charge is 0.493 e. The fraction of sp³-hybridized carbons (Fsp3) is 0.647. The van der Waals surface area contributed by atoms with Gasteiger partial charge in [0.25, 0.3) is 0 Å². The van der Waals surface area contributed by atoms with Crippen molar-refractivity contribution in [3.05, 3.63) is 29.3 Å². The van der Waals surface area contributed by atoms with Crippen LogP contribution in [0.1, 0.15) is 50.3 Å². The van der Waals surface area contributed by atoms with E-state index < -0.39 is 0 Å². The molecule has 0 amide bonds. The minimum Gasteiger partial charge on any atom is -0.493 e.